The van der Waals surface area contributed by atoms with E-state index in [1.807, 2.05) is 0 Å². The lowest BCUT2D eigenvalue weighted by atomic mass is 10.0. The lowest BCUT2D eigenvalue weighted by Crippen LogP contribution is -2.38. The van der Waals surface area contributed by atoms with Crippen LogP contribution in [0.5, 0.6) is 0 Å². The second kappa shape index (κ2) is 2.54. The maximum Gasteiger partial charge on any atom is 0.00986 e. The van der Waals surface area contributed by atoms with Crippen molar-refractivity contribution in [2.75, 3.05) is 6.54 Å². The lowest BCUT2D eigenvalue weighted by Gasteiger charge is -2.32. The van der Waals surface area contributed by atoms with Crippen molar-refractivity contribution in [2.24, 2.45) is 0 Å². The molecular weight excluding hydrogens is 122 g/mol. The van der Waals surface area contributed by atoms with Gasteiger partial charge in [-0.25, -0.2) is 0 Å². The average molecular weight is 139 g/mol. The van der Waals surface area contributed by atoms with E-state index in [4.69, 9.17) is 0 Å². The molecule has 0 N–H and O–H groups in total. The molecule has 1 heteroatoms. The summed E-state index contributed by atoms with van der Waals surface area (Å²) in [6.07, 6.45) is 7.32. The van der Waals surface area contributed by atoms with Gasteiger partial charge >= 0.3 is 0 Å². The minimum atomic E-state index is 0.894. The van der Waals surface area contributed by atoms with Gasteiger partial charge in [0.1, 0.15) is 0 Å². The molecule has 2 aliphatic rings. The zero-order valence-corrected chi connectivity index (χ0v) is 6.84. The van der Waals surface area contributed by atoms with Gasteiger partial charge in [0.2, 0.25) is 0 Å². The molecule has 1 unspecified atom stereocenters. The average Bonchev–Trinajstić information content (AvgIpc) is 2.34. The Balaban J connectivity index is 2.01. The smallest absolute Gasteiger partial charge is 0.00986 e. The van der Waals surface area contributed by atoms with Crippen LogP contribution in [0.3, 0.4) is 0 Å². The summed E-state index contributed by atoms with van der Waals surface area (Å²) in [5.41, 5.74) is 0. The number of fused-ring (bicyclic) bond motifs is 1. The van der Waals surface area contributed by atoms with Gasteiger partial charge in [-0.15, -0.1) is 0 Å². The number of nitrogens with zero attached hydrogens (tertiary/aromatic N) is 1. The maximum absolute atomic E-state index is 2.71. The molecule has 2 atom stereocenters. The van der Waals surface area contributed by atoms with E-state index >= 15 is 0 Å². The van der Waals surface area contributed by atoms with Crippen LogP contribution in [0.2, 0.25) is 0 Å². The quantitative estimate of drug-likeness (QED) is 0.496. The molecule has 0 aliphatic carbocycles. The molecule has 0 radical (unpaired) electrons. The summed E-state index contributed by atoms with van der Waals surface area (Å²) in [5.74, 6) is 0. The first-order chi connectivity index (χ1) is 4.88. The third-order valence-electron chi connectivity index (χ3n) is 3.16. The van der Waals surface area contributed by atoms with Gasteiger partial charge in [-0.3, -0.25) is 4.90 Å². The van der Waals surface area contributed by atoms with Crippen molar-refractivity contribution < 1.29 is 0 Å². The van der Waals surface area contributed by atoms with Crippen LogP contribution < -0.4 is 0 Å². The van der Waals surface area contributed by atoms with E-state index in [2.05, 4.69) is 11.8 Å². The molecule has 0 aromatic heterocycles. The Hall–Kier alpha value is -0.0400. The summed E-state index contributed by atoms with van der Waals surface area (Å²) in [5, 5.41) is 0. The Bertz CT molecular complexity index is 120. The van der Waals surface area contributed by atoms with E-state index in [-0.39, 0.29) is 0 Å². The van der Waals surface area contributed by atoms with Gasteiger partial charge in [0.15, 0.2) is 0 Å². The van der Waals surface area contributed by atoms with E-state index in [1.165, 1.54) is 38.6 Å². The van der Waals surface area contributed by atoms with Gasteiger partial charge in [0.05, 0.1) is 0 Å². The second-order valence-electron chi connectivity index (χ2n) is 3.81. The third-order valence-corrected chi connectivity index (χ3v) is 3.16. The van der Waals surface area contributed by atoms with E-state index in [9.17, 15) is 0 Å². The van der Waals surface area contributed by atoms with Crippen LogP contribution >= 0.6 is 0 Å². The normalized spacial score (nSPS) is 41.7. The largest absolute Gasteiger partial charge is 0.298 e. The second-order valence-corrected chi connectivity index (χ2v) is 3.81. The van der Waals surface area contributed by atoms with Crippen molar-refractivity contribution in [3.63, 3.8) is 0 Å². The van der Waals surface area contributed by atoms with Crippen molar-refractivity contribution in [2.45, 2.75) is 51.1 Å². The fourth-order valence-corrected chi connectivity index (χ4v) is 2.51. The highest BCUT2D eigenvalue weighted by atomic mass is 15.2. The van der Waals surface area contributed by atoms with E-state index in [1.54, 1.807) is 0 Å². The van der Waals surface area contributed by atoms with Crippen LogP contribution in [0, 0.1) is 0 Å². The molecule has 2 saturated heterocycles. The highest BCUT2D eigenvalue weighted by Gasteiger charge is 2.31. The number of hydrogen-bond acceptors (Lipinski definition) is 1. The standard InChI is InChI=1S/C9H17N/c1-8-5-6-9-4-2-3-7-10(8)9/h8-9H,2-7H2,1H3/t8?,9-/m1/s1. The molecule has 2 aliphatic heterocycles. The lowest BCUT2D eigenvalue weighted by molar-refractivity contribution is 0.158. The summed E-state index contributed by atoms with van der Waals surface area (Å²) >= 11 is 0. The van der Waals surface area contributed by atoms with Crippen LogP contribution in [-0.2, 0) is 0 Å². The van der Waals surface area contributed by atoms with Crippen molar-refractivity contribution >= 4 is 0 Å². The summed E-state index contributed by atoms with van der Waals surface area (Å²) in [7, 11) is 0. The van der Waals surface area contributed by atoms with Crippen molar-refractivity contribution in [1.29, 1.82) is 0 Å². The predicted octanol–water partition coefficient (Wildman–Crippen LogP) is 2.02. The van der Waals surface area contributed by atoms with Crippen LogP contribution in [0.15, 0.2) is 0 Å². The number of rotatable bonds is 0. The fraction of sp³-hybridized carbons (Fsp3) is 1.00. The molecule has 58 valence electrons. The minimum absolute atomic E-state index is 0.894. The van der Waals surface area contributed by atoms with Crippen LogP contribution in [0.1, 0.15) is 39.0 Å². The van der Waals surface area contributed by atoms with Gasteiger partial charge in [0.25, 0.3) is 0 Å². The zero-order chi connectivity index (χ0) is 6.97. The van der Waals surface area contributed by atoms with Gasteiger partial charge in [0, 0.05) is 12.1 Å². The van der Waals surface area contributed by atoms with Crippen molar-refractivity contribution in [3.05, 3.63) is 0 Å². The Labute approximate surface area is 63.4 Å². The molecule has 0 spiro atoms. The highest BCUT2D eigenvalue weighted by molar-refractivity contribution is 4.87. The SMILES string of the molecule is CC1CC[C@H]2CCCCN12. The molecule has 1 nitrogen and oxygen atoms in total. The third kappa shape index (κ3) is 0.968. The van der Waals surface area contributed by atoms with Gasteiger partial charge in [-0.1, -0.05) is 6.42 Å². The van der Waals surface area contributed by atoms with Crippen LogP contribution in [0.4, 0.5) is 0 Å². The van der Waals surface area contributed by atoms with Gasteiger partial charge in [-0.05, 0) is 39.2 Å². The topological polar surface area (TPSA) is 3.24 Å². The Morgan fingerprint density at radius 2 is 2.00 bits per heavy atom. The predicted molar refractivity (Wildman–Crippen MR) is 43.0 cm³/mol. The zero-order valence-electron chi connectivity index (χ0n) is 6.84. The molecule has 0 aromatic carbocycles. The first-order valence-electron chi connectivity index (χ1n) is 4.63. The molecule has 0 bridgehead atoms. The highest BCUT2D eigenvalue weighted by Crippen LogP contribution is 2.30. The van der Waals surface area contributed by atoms with Crippen LogP contribution in [0.25, 0.3) is 0 Å². The first-order valence-corrected chi connectivity index (χ1v) is 4.63. The van der Waals surface area contributed by atoms with Gasteiger partial charge < -0.3 is 0 Å². The van der Waals surface area contributed by atoms with E-state index < -0.39 is 0 Å². The maximum atomic E-state index is 2.71. The fourth-order valence-electron chi connectivity index (χ4n) is 2.51. The summed E-state index contributed by atoms with van der Waals surface area (Å²) in [6.45, 7) is 3.76. The number of hydrogen-bond donors (Lipinski definition) is 0. The Morgan fingerprint density at radius 3 is 2.80 bits per heavy atom. The summed E-state index contributed by atoms with van der Waals surface area (Å²) < 4.78 is 0. The van der Waals surface area contributed by atoms with E-state index in [0.717, 1.165) is 12.1 Å². The molecule has 0 amide bonds. The number of piperidine rings is 1. The Kier molecular flexibility index (Phi) is 1.69. The minimum Gasteiger partial charge on any atom is -0.298 e. The summed E-state index contributed by atoms with van der Waals surface area (Å²) in [6, 6.07) is 1.87. The monoisotopic (exact) mass is 139 g/mol. The first kappa shape index (κ1) is 6.66. The molecule has 0 aromatic rings. The Morgan fingerprint density at radius 1 is 1.10 bits per heavy atom. The van der Waals surface area contributed by atoms with Crippen molar-refractivity contribution in [3.8, 4) is 0 Å². The van der Waals surface area contributed by atoms with E-state index in [0.29, 0.717) is 0 Å². The van der Waals surface area contributed by atoms with Crippen LogP contribution in [-0.4, -0.2) is 23.5 Å². The molecule has 2 heterocycles. The summed E-state index contributed by atoms with van der Waals surface area (Å²) in [4.78, 5) is 2.71. The molecular formula is C9H17N. The molecule has 2 fully saturated rings. The van der Waals surface area contributed by atoms with Gasteiger partial charge in [-0.2, -0.15) is 0 Å². The molecule has 2 rings (SSSR count). The molecule has 10 heavy (non-hydrogen) atoms. The van der Waals surface area contributed by atoms with Crippen molar-refractivity contribution in [1.82, 2.24) is 4.90 Å². The molecule has 0 saturated carbocycles.